The molecule has 31 heavy (non-hydrogen) atoms. The number of carbonyl (C=O) groups is 1. The highest BCUT2D eigenvalue weighted by molar-refractivity contribution is 7.89. The minimum absolute atomic E-state index is 0.00626. The summed E-state index contributed by atoms with van der Waals surface area (Å²) in [5.74, 6) is 0.0553. The van der Waals surface area contributed by atoms with E-state index < -0.39 is 29.6 Å². The van der Waals surface area contributed by atoms with Gasteiger partial charge in [-0.25, -0.2) is 8.78 Å². The predicted molar refractivity (Wildman–Crippen MR) is 119 cm³/mol. The van der Waals surface area contributed by atoms with Gasteiger partial charge in [0.2, 0.25) is 5.91 Å². The van der Waals surface area contributed by atoms with Gasteiger partial charge in [0, 0.05) is 17.3 Å². The zero-order chi connectivity index (χ0) is 22.0. The number of hydrogen-bond donors (Lipinski definition) is 1. The highest BCUT2D eigenvalue weighted by Crippen LogP contribution is 2.34. The molecule has 166 valence electrons. The summed E-state index contributed by atoms with van der Waals surface area (Å²) in [6, 6.07) is 13.0. The van der Waals surface area contributed by atoms with Crippen LogP contribution in [0.5, 0.6) is 0 Å². The Labute approximate surface area is 185 Å². The topological polar surface area (TPSA) is 55.4 Å². The van der Waals surface area contributed by atoms with Gasteiger partial charge in [0.1, 0.15) is 23.8 Å². The van der Waals surface area contributed by atoms with E-state index in [2.05, 4.69) is 4.72 Å². The first-order valence-corrected chi connectivity index (χ1v) is 12.2. The number of likely N-dealkylation sites (tertiary alicyclic amines) is 1. The molecule has 2 aromatic rings. The number of benzene rings is 2. The van der Waals surface area contributed by atoms with Gasteiger partial charge in [-0.15, -0.1) is 4.72 Å². The number of nitrogens with one attached hydrogen (secondary N) is 1. The van der Waals surface area contributed by atoms with Crippen LogP contribution in [0.2, 0.25) is 0 Å². The van der Waals surface area contributed by atoms with E-state index in [1.807, 2.05) is 30.3 Å². The quantitative estimate of drug-likeness (QED) is 0.654. The molecule has 2 aromatic carbocycles. The van der Waals surface area contributed by atoms with Gasteiger partial charge in [0.25, 0.3) is 0 Å². The average molecular weight is 447 g/mol. The molecule has 1 saturated heterocycles. The van der Waals surface area contributed by atoms with Crippen molar-refractivity contribution >= 4 is 17.3 Å². The molecular weight excluding hydrogens is 418 g/mol. The normalized spacial score (nSPS) is 24.8. The minimum atomic E-state index is -1.35. The Morgan fingerprint density at radius 1 is 1.19 bits per heavy atom. The molecule has 2 aliphatic rings. The van der Waals surface area contributed by atoms with E-state index in [9.17, 15) is 18.1 Å². The van der Waals surface area contributed by atoms with Crippen LogP contribution in [0.4, 0.5) is 8.78 Å². The summed E-state index contributed by atoms with van der Waals surface area (Å²) in [7, 11) is 0. The lowest BCUT2D eigenvalue weighted by Crippen LogP contribution is -2.51. The SMILES string of the molecule is CC[S+]([O-])N[C@H]1[C@@H](F)CN(C(=O)C2CCC2)[C@H]1Cc1cccc(-c2cccc(F)c2)c1. The molecule has 2 fully saturated rings. The highest BCUT2D eigenvalue weighted by Gasteiger charge is 2.48. The maximum absolute atomic E-state index is 15.0. The molecule has 1 saturated carbocycles. The lowest BCUT2D eigenvalue weighted by molar-refractivity contribution is -0.139. The van der Waals surface area contributed by atoms with E-state index in [0.717, 1.165) is 36.0 Å². The zero-order valence-electron chi connectivity index (χ0n) is 17.6. The van der Waals surface area contributed by atoms with Gasteiger partial charge in [-0.05, 0) is 55.0 Å². The second kappa shape index (κ2) is 9.67. The average Bonchev–Trinajstić information content (AvgIpc) is 3.02. The van der Waals surface area contributed by atoms with Crippen molar-refractivity contribution in [3.63, 3.8) is 0 Å². The van der Waals surface area contributed by atoms with Gasteiger partial charge in [-0.1, -0.05) is 42.8 Å². The van der Waals surface area contributed by atoms with E-state index in [1.165, 1.54) is 12.1 Å². The van der Waals surface area contributed by atoms with Crippen molar-refractivity contribution in [1.82, 2.24) is 9.62 Å². The van der Waals surface area contributed by atoms with Gasteiger partial charge >= 0.3 is 0 Å². The van der Waals surface area contributed by atoms with E-state index in [-0.39, 0.29) is 24.2 Å². The molecule has 1 unspecified atom stereocenters. The molecule has 4 atom stereocenters. The largest absolute Gasteiger partial charge is 0.598 e. The summed E-state index contributed by atoms with van der Waals surface area (Å²) >= 11 is -1.35. The molecular formula is C24H28F2N2O2S. The van der Waals surface area contributed by atoms with Crippen molar-refractivity contribution < 1.29 is 18.1 Å². The van der Waals surface area contributed by atoms with Crippen LogP contribution in [0.1, 0.15) is 31.7 Å². The second-order valence-electron chi connectivity index (χ2n) is 8.39. The minimum Gasteiger partial charge on any atom is -0.598 e. The molecule has 1 aliphatic heterocycles. The van der Waals surface area contributed by atoms with Crippen LogP contribution in [0.25, 0.3) is 11.1 Å². The summed E-state index contributed by atoms with van der Waals surface area (Å²) in [5, 5.41) is 0. The Morgan fingerprint density at radius 3 is 2.55 bits per heavy atom. The Balaban J connectivity index is 1.60. The summed E-state index contributed by atoms with van der Waals surface area (Å²) < 4.78 is 43.7. The van der Waals surface area contributed by atoms with Gasteiger partial charge in [-0.2, -0.15) is 0 Å². The number of halogens is 2. The van der Waals surface area contributed by atoms with Crippen LogP contribution in [-0.2, 0) is 22.6 Å². The molecule has 0 radical (unpaired) electrons. The predicted octanol–water partition coefficient (Wildman–Crippen LogP) is 4.03. The summed E-state index contributed by atoms with van der Waals surface area (Å²) in [4.78, 5) is 14.7. The number of rotatable bonds is 7. The van der Waals surface area contributed by atoms with Crippen molar-refractivity contribution in [2.75, 3.05) is 12.3 Å². The fraction of sp³-hybridized carbons (Fsp3) is 0.458. The maximum atomic E-state index is 15.0. The van der Waals surface area contributed by atoms with Crippen LogP contribution in [0.3, 0.4) is 0 Å². The van der Waals surface area contributed by atoms with Crippen LogP contribution in [0.15, 0.2) is 48.5 Å². The van der Waals surface area contributed by atoms with Crippen LogP contribution in [0, 0.1) is 11.7 Å². The maximum Gasteiger partial charge on any atom is 0.226 e. The second-order valence-corrected chi connectivity index (χ2v) is 9.90. The summed E-state index contributed by atoms with van der Waals surface area (Å²) in [6.45, 7) is 1.81. The Bertz CT molecular complexity index is 924. The fourth-order valence-corrected chi connectivity index (χ4v) is 5.20. The van der Waals surface area contributed by atoms with Gasteiger partial charge in [0.15, 0.2) is 0 Å². The number of carbonyl (C=O) groups excluding carboxylic acids is 1. The highest BCUT2D eigenvalue weighted by atomic mass is 32.2. The Kier molecular flexibility index (Phi) is 6.94. The number of amides is 1. The van der Waals surface area contributed by atoms with Crippen molar-refractivity contribution in [2.24, 2.45) is 5.92 Å². The molecule has 0 aromatic heterocycles. The lowest BCUT2D eigenvalue weighted by Gasteiger charge is -2.34. The van der Waals surface area contributed by atoms with E-state index >= 15 is 0 Å². The smallest absolute Gasteiger partial charge is 0.226 e. The molecule has 4 rings (SSSR count). The molecule has 1 aliphatic carbocycles. The molecule has 1 N–H and O–H groups in total. The molecule has 1 amide bonds. The van der Waals surface area contributed by atoms with E-state index in [4.69, 9.17) is 0 Å². The number of hydrogen-bond acceptors (Lipinski definition) is 3. The molecule has 1 heterocycles. The van der Waals surface area contributed by atoms with E-state index in [1.54, 1.807) is 17.9 Å². The molecule has 4 nitrogen and oxygen atoms in total. The third-order valence-electron chi connectivity index (χ3n) is 6.37. The first-order chi connectivity index (χ1) is 15.0. The molecule has 0 bridgehead atoms. The third-order valence-corrected chi connectivity index (χ3v) is 7.43. The standard InChI is InChI=1S/C24H28F2N2O2S/c1-2-31(30)27-23-21(26)15-28(24(29)17-7-4-8-17)22(23)13-16-6-3-9-18(12-16)19-10-5-11-20(25)14-19/h3,5-6,9-12,14,17,21-23,27H,2,4,7-8,13,15H2,1H3/t21-,22-,23-,31?/m0/s1. The lowest BCUT2D eigenvalue weighted by atomic mass is 9.84. The van der Waals surface area contributed by atoms with Crippen LogP contribution < -0.4 is 4.72 Å². The van der Waals surface area contributed by atoms with Crippen molar-refractivity contribution in [3.8, 4) is 11.1 Å². The zero-order valence-corrected chi connectivity index (χ0v) is 18.4. The Morgan fingerprint density at radius 2 is 1.90 bits per heavy atom. The number of alkyl halides is 1. The van der Waals surface area contributed by atoms with Crippen molar-refractivity contribution in [2.45, 2.75) is 50.9 Å². The summed E-state index contributed by atoms with van der Waals surface area (Å²) in [5.41, 5.74) is 2.56. The van der Waals surface area contributed by atoms with E-state index in [0.29, 0.717) is 12.2 Å². The third kappa shape index (κ3) is 4.94. The fourth-order valence-electron chi connectivity index (χ4n) is 4.43. The van der Waals surface area contributed by atoms with Crippen molar-refractivity contribution in [1.29, 1.82) is 0 Å². The van der Waals surface area contributed by atoms with Crippen molar-refractivity contribution in [3.05, 3.63) is 59.9 Å². The number of nitrogens with zero attached hydrogens (tertiary/aromatic N) is 1. The van der Waals surface area contributed by atoms with Gasteiger partial charge < -0.3 is 9.45 Å². The summed E-state index contributed by atoms with van der Waals surface area (Å²) in [6.07, 6.45) is 1.92. The van der Waals surface area contributed by atoms with Crippen LogP contribution in [-0.4, -0.2) is 45.9 Å². The first-order valence-electron chi connectivity index (χ1n) is 10.9. The van der Waals surface area contributed by atoms with Gasteiger partial charge in [0.05, 0.1) is 12.6 Å². The first kappa shape index (κ1) is 22.2. The molecule has 0 spiro atoms. The van der Waals surface area contributed by atoms with Crippen LogP contribution >= 0.6 is 0 Å². The molecule has 7 heteroatoms. The van der Waals surface area contributed by atoms with Gasteiger partial charge in [-0.3, -0.25) is 4.79 Å². The monoisotopic (exact) mass is 446 g/mol. The Hall–Kier alpha value is -1.96.